The van der Waals surface area contributed by atoms with Crippen molar-refractivity contribution in [1.29, 1.82) is 0 Å². The number of carbonyl (C=O) groups is 1. The van der Waals surface area contributed by atoms with Gasteiger partial charge in [0.1, 0.15) is 23.0 Å². The molecular weight excluding hydrogens is 684 g/mol. The third-order valence-electron chi connectivity index (χ3n) is 10.6. The van der Waals surface area contributed by atoms with Gasteiger partial charge in [-0.05, 0) is 127 Å². The quantitative estimate of drug-likeness (QED) is 0.169. The summed E-state index contributed by atoms with van der Waals surface area (Å²) in [5.74, 6) is 0.659. The van der Waals surface area contributed by atoms with Gasteiger partial charge in [-0.25, -0.2) is 14.2 Å². The fourth-order valence-electron chi connectivity index (χ4n) is 7.78. The number of carbonyl (C=O) groups excluding carboxylic acids is 1. The molecule has 2 unspecified atom stereocenters. The highest BCUT2D eigenvalue weighted by molar-refractivity contribution is 5.90. The molecule has 0 spiro atoms. The zero-order valence-corrected chi connectivity index (χ0v) is 32.4. The van der Waals surface area contributed by atoms with Crippen LogP contribution < -0.4 is 9.64 Å². The van der Waals surface area contributed by atoms with E-state index >= 15 is 0 Å². The Morgan fingerprint density at radius 3 is 2.48 bits per heavy atom. The molecule has 2 atom stereocenters. The first-order chi connectivity index (χ1) is 25.8. The number of pyridine rings is 2. The number of hydrogen-bond donors (Lipinski definition) is 0. The first kappa shape index (κ1) is 37.5. The maximum absolute atomic E-state index is 14.8. The number of halogens is 1. The number of anilines is 1. The summed E-state index contributed by atoms with van der Waals surface area (Å²) in [7, 11) is 1.40. The van der Waals surface area contributed by atoms with Crippen LogP contribution in [0.2, 0.25) is 0 Å². The van der Waals surface area contributed by atoms with Crippen LogP contribution >= 0.6 is 0 Å². The Bertz CT molecular complexity index is 2130. The van der Waals surface area contributed by atoms with E-state index in [0.29, 0.717) is 31.0 Å². The third-order valence-corrected chi connectivity index (χ3v) is 10.6. The fraction of sp³-hybridized carbons (Fsp3) is 0.432. The van der Waals surface area contributed by atoms with Crippen LogP contribution in [0.4, 0.5) is 10.2 Å². The van der Waals surface area contributed by atoms with Crippen LogP contribution in [-0.4, -0.2) is 64.5 Å². The van der Waals surface area contributed by atoms with Gasteiger partial charge in [0.05, 0.1) is 30.1 Å². The van der Waals surface area contributed by atoms with Crippen molar-refractivity contribution in [3.63, 3.8) is 0 Å². The van der Waals surface area contributed by atoms with E-state index in [-0.39, 0.29) is 17.5 Å². The molecular formula is C44H51FN4O5. The van der Waals surface area contributed by atoms with Gasteiger partial charge in [-0.1, -0.05) is 18.2 Å². The van der Waals surface area contributed by atoms with E-state index in [1.54, 1.807) is 18.5 Å². The highest BCUT2D eigenvalue weighted by atomic mass is 19.1. The van der Waals surface area contributed by atoms with Gasteiger partial charge in [0.25, 0.3) is 0 Å². The summed E-state index contributed by atoms with van der Waals surface area (Å²) in [6, 6.07) is 16.6. The number of imidazole rings is 1. The zero-order valence-electron chi connectivity index (χ0n) is 32.4. The molecule has 3 aliphatic rings. The average Bonchev–Trinajstić information content (AvgIpc) is 3.59. The lowest BCUT2D eigenvalue weighted by molar-refractivity contribution is -0.164. The summed E-state index contributed by atoms with van der Waals surface area (Å²) in [4.78, 5) is 25.8. The van der Waals surface area contributed by atoms with E-state index in [1.165, 1.54) is 19.2 Å². The van der Waals surface area contributed by atoms with Crippen molar-refractivity contribution >= 4 is 17.4 Å². The van der Waals surface area contributed by atoms with Gasteiger partial charge in [0, 0.05) is 60.5 Å². The topological polar surface area (TPSA) is 87.4 Å². The summed E-state index contributed by atoms with van der Waals surface area (Å²) >= 11 is 0. The van der Waals surface area contributed by atoms with E-state index in [9.17, 15) is 9.18 Å². The summed E-state index contributed by atoms with van der Waals surface area (Å²) in [6.45, 7) is 14.2. The summed E-state index contributed by atoms with van der Waals surface area (Å²) in [5.41, 5.74) is 6.23. The Morgan fingerprint density at radius 2 is 1.76 bits per heavy atom. The predicted octanol–water partition coefficient (Wildman–Crippen LogP) is 9.53. The number of methoxy groups -OCH3 is 1. The molecule has 1 saturated heterocycles. The van der Waals surface area contributed by atoms with Crippen molar-refractivity contribution in [1.82, 2.24) is 14.4 Å². The first-order valence-electron chi connectivity index (χ1n) is 19.0. The number of esters is 1. The fourth-order valence-corrected chi connectivity index (χ4v) is 7.78. The second-order valence-corrected chi connectivity index (χ2v) is 15.9. The number of ether oxygens (including phenoxy) is 4. The molecule has 5 aromatic rings. The van der Waals surface area contributed by atoms with Gasteiger partial charge in [-0.2, -0.15) is 0 Å². The van der Waals surface area contributed by atoms with Gasteiger partial charge in [0.2, 0.25) is 0 Å². The number of aromatic nitrogens is 3. The molecule has 3 aromatic heterocycles. The molecule has 8 rings (SSSR count). The van der Waals surface area contributed by atoms with Gasteiger partial charge in [-0.3, -0.25) is 9.38 Å². The molecule has 3 aliphatic heterocycles. The van der Waals surface area contributed by atoms with Crippen molar-refractivity contribution in [3.8, 4) is 39.3 Å². The highest BCUT2D eigenvalue weighted by Crippen LogP contribution is 2.44. The van der Waals surface area contributed by atoms with Crippen LogP contribution in [0.5, 0.6) is 5.75 Å². The molecule has 0 N–H and O–H groups in total. The molecule has 0 aliphatic carbocycles. The van der Waals surface area contributed by atoms with Crippen molar-refractivity contribution in [2.45, 2.75) is 97.1 Å². The number of piperidine rings is 1. The summed E-state index contributed by atoms with van der Waals surface area (Å²) < 4.78 is 42.1. The van der Waals surface area contributed by atoms with Crippen molar-refractivity contribution in [3.05, 3.63) is 90.1 Å². The third kappa shape index (κ3) is 7.72. The highest BCUT2D eigenvalue weighted by Gasteiger charge is 2.39. The molecule has 0 radical (unpaired) electrons. The maximum atomic E-state index is 14.8. The van der Waals surface area contributed by atoms with Crippen molar-refractivity contribution in [2.24, 2.45) is 0 Å². The summed E-state index contributed by atoms with van der Waals surface area (Å²) in [5, 5.41) is 0. The molecule has 2 aromatic carbocycles. The second-order valence-electron chi connectivity index (χ2n) is 15.9. The molecule has 9 nitrogen and oxygen atoms in total. The van der Waals surface area contributed by atoms with Gasteiger partial charge < -0.3 is 23.8 Å². The van der Waals surface area contributed by atoms with Crippen LogP contribution in [-0.2, 0) is 19.0 Å². The van der Waals surface area contributed by atoms with Crippen LogP contribution in [0.15, 0.2) is 73.2 Å². The van der Waals surface area contributed by atoms with Crippen LogP contribution in [0.3, 0.4) is 0 Å². The van der Waals surface area contributed by atoms with Crippen molar-refractivity contribution in [2.75, 3.05) is 31.7 Å². The zero-order chi connectivity index (χ0) is 38.2. The molecule has 6 bridgehead atoms. The lowest BCUT2D eigenvalue weighted by atomic mass is 9.91. The van der Waals surface area contributed by atoms with Crippen molar-refractivity contribution < 1.29 is 28.1 Å². The van der Waals surface area contributed by atoms with Gasteiger partial charge >= 0.3 is 5.97 Å². The Labute approximate surface area is 317 Å². The average molecular weight is 735 g/mol. The largest absolute Gasteiger partial charge is 0.490 e. The van der Waals surface area contributed by atoms with Crippen LogP contribution in [0.1, 0.15) is 84.0 Å². The van der Waals surface area contributed by atoms with E-state index in [0.717, 1.165) is 82.6 Å². The molecule has 0 amide bonds. The molecule has 10 heteroatoms. The minimum Gasteiger partial charge on any atom is -0.490 e. The predicted molar refractivity (Wildman–Crippen MR) is 209 cm³/mol. The van der Waals surface area contributed by atoms with Crippen LogP contribution in [0.25, 0.3) is 39.2 Å². The standard InChI is InChI=1S/C44H51FN4O5/c1-28-11-8-9-24-52-44(6)18-22-48(23-19-44)41-38(39(42(50)51-7)54-43(3,4)5)29(2)37(30-16-20-46-21-17-30)40-47-35(27-49(40)41)32-13-10-12-31(25-32)34-26-33(45)14-15-36(34)53-28/h10,12-17,20-21,25-28,39H,8-9,11,18-19,22-24H2,1-7H3. The lowest BCUT2D eigenvalue weighted by Gasteiger charge is -2.42. The number of fused-ring (bicyclic) bond motifs is 8. The monoisotopic (exact) mass is 734 g/mol. The smallest absolute Gasteiger partial charge is 0.339 e. The molecule has 54 heavy (non-hydrogen) atoms. The Hall–Kier alpha value is -4.80. The maximum Gasteiger partial charge on any atom is 0.339 e. The number of nitrogens with zero attached hydrogens (tertiary/aromatic N) is 4. The van der Waals surface area contributed by atoms with E-state index < -0.39 is 17.7 Å². The minimum absolute atomic E-state index is 0.0567. The second kappa shape index (κ2) is 15.1. The van der Waals surface area contributed by atoms with E-state index in [1.807, 2.05) is 70.3 Å². The molecule has 284 valence electrons. The Kier molecular flexibility index (Phi) is 10.5. The molecule has 6 heterocycles. The first-order valence-corrected chi connectivity index (χ1v) is 19.0. The van der Waals surface area contributed by atoms with Gasteiger partial charge in [0.15, 0.2) is 6.10 Å². The Morgan fingerprint density at radius 1 is 1.02 bits per heavy atom. The van der Waals surface area contributed by atoms with E-state index in [2.05, 4.69) is 28.1 Å². The minimum atomic E-state index is -1.02. The molecule has 1 fully saturated rings. The lowest BCUT2D eigenvalue weighted by Crippen LogP contribution is -2.45. The van der Waals surface area contributed by atoms with E-state index in [4.69, 9.17) is 23.9 Å². The molecule has 0 saturated carbocycles. The summed E-state index contributed by atoms with van der Waals surface area (Å²) in [6.07, 6.45) is 8.80. The number of benzene rings is 2. The normalized spacial score (nSPS) is 20.0. The van der Waals surface area contributed by atoms with Crippen LogP contribution in [0, 0.1) is 12.7 Å². The Balaban J connectivity index is 1.51. The van der Waals surface area contributed by atoms with Gasteiger partial charge in [-0.15, -0.1) is 0 Å². The number of rotatable bonds is 4. The number of hydrogen-bond acceptors (Lipinski definition) is 8. The SMILES string of the molecule is COC(=O)C(OC(C)(C)C)c1c(C)c(-c2ccncc2)c2nc3cn2c1N1CCC(C)(CC1)OCCCCC(C)Oc1ccc(F)cc1-c1cccc-3c1.